The number of rotatable bonds is 5. The lowest BCUT2D eigenvalue weighted by atomic mass is 10.1. The zero-order valence-corrected chi connectivity index (χ0v) is 12.4. The maximum absolute atomic E-state index is 11.8. The van der Waals surface area contributed by atoms with Crippen LogP contribution in [-0.2, 0) is 4.79 Å². The van der Waals surface area contributed by atoms with Crippen LogP contribution in [0.3, 0.4) is 0 Å². The monoisotopic (exact) mass is 310 g/mol. The molecule has 0 bridgehead atoms. The Morgan fingerprint density at radius 3 is 2.17 bits per heavy atom. The van der Waals surface area contributed by atoms with Crippen molar-refractivity contribution in [2.24, 2.45) is 0 Å². The molecule has 6 heteroatoms. The molecule has 0 aliphatic carbocycles. The SMILES string of the molecule is CC(=O)c1ccc(NC(=O)C=Cc2ccc([N+](=O)[O-])cc2)cc1. The second kappa shape index (κ2) is 7.13. The van der Waals surface area contributed by atoms with E-state index in [1.54, 1.807) is 42.5 Å². The number of hydrogen-bond acceptors (Lipinski definition) is 4. The molecule has 0 aromatic heterocycles. The fourth-order valence-corrected chi connectivity index (χ4v) is 1.85. The van der Waals surface area contributed by atoms with Gasteiger partial charge in [0.25, 0.3) is 5.69 Å². The van der Waals surface area contributed by atoms with Crippen LogP contribution in [0.2, 0.25) is 0 Å². The van der Waals surface area contributed by atoms with Gasteiger partial charge in [-0.1, -0.05) is 0 Å². The molecule has 116 valence electrons. The van der Waals surface area contributed by atoms with Crippen LogP contribution < -0.4 is 5.32 Å². The third-order valence-corrected chi connectivity index (χ3v) is 3.09. The van der Waals surface area contributed by atoms with Gasteiger partial charge in [-0.25, -0.2) is 0 Å². The number of hydrogen-bond donors (Lipinski definition) is 1. The molecule has 1 amide bonds. The zero-order valence-electron chi connectivity index (χ0n) is 12.4. The molecule has 0 spiro atoms. The molecule has 23 heavy (non-hydrogen) atoms. The Labute approximate surface area is 132 Å². The van der Waals surface area contributed by atoms with Gasteiger partial charge in [-0.15, -0.1) is 0 Å². The summed E-state index contributed by atoms with van der Waals surface area (Å²) in [6, 6.07) is 12.4. The molecule has 0 unspecified atom stereocenters. The van der Waals surface area contributed by atoms with Crippen molar-refractivity contribution in [2.45, 2.75) is 6.92 Å². The first-order valence-corrected chi connectivity index (χ1v) is 6.80. The number of carbonyl (C=O) groups is 2. The van der Waals surface area contributed by atoms with Crippen molar-refractivity contribution in [1.82, 2.24) is 0 Å². The van der Waals surface area contributed by atoms with Crippen molar-refractivity contribution in [1.29, 1.82) is 0 Å². The van der Waals surface area contributed by atoms with E-state index < -0.39 is 4.92 Å². The van der Waals surface area contributed by atoms with Crippen LogP contribution in [0.5, 0.6) is 0 Å². The van der Waals surface area contributed by atoms with Crippen LogP contribution in [-0.4, -0.2) is 16.6 Å². The third-order valence-electron chi connectivity index (χ3n) is 3.09. The van der Waals surface area contributed by atoms with Crippen LogP contribution in [0.25, 0.3) is 6.08 Å². The van der Waals surface area contributed by atoms with Crippen molar-refractivity contribution in [3.63, 3.8) is 0 Å². The van der Waals surface area contributed by atoms with E-state index >= 15 is 0 Å². The molecule has 2 rings (SSSR count). The molecule has 2 aromatic rings. The first-order valence-electron chi connectivity index (χ1n) is 6.80. The highest BCUT2D eigenvalue weighted by Crippen LogP contribution is 2.13. The quantitative estimate of drug-likeness (QED) is 0.396. The van der Waals surface area contributed by atoms with Gasteiger partial charge >= 0.3 is 0 Å². The van der Waals surface area contributed by atoms with E-state index in [-0.39, 0.29) is 17.4 Å². The zero-order chi connectivity index (χ0) is 16.8. The fourth-order valence-electron chi connectivity index (χ4n) is 1.85. The molecule has 0 aliphatic heterocycles. The molecular formula is C17H14N2O4. The summed E-state index contributed by atoms with van der Waals surface area (Å²) >= 11 is 0. The van der Waals surface area contributed by atoms with Gasteiger partial charge in [-0.3, -0.25) is 19.7 Å². The Balaban J connectivity index is 1.98. The smallest absolute Gasteiger partial charge is 0.269 e. The number of benzene rings is 2. The van der Waals surface area contributed by atoms with Gasteiger partial charge in [0.05, 0.1) is 4.92 Å². The summed E-state index contributed by atoms with van der Waals surface area (Å²) in [4.78, 5) is 33.0. The second-order valence-electron chi connectivity index (χ2n) is 4.80. The van der Waals surface area contributed by atoms with E-state index in [1.165, 1.54) is 25.1 Å². The molecule has 0 atom stereocenters. The summed E-state index contributed by atoms with van der Waals surface area (Å²) in [5.41, 5.74) is 1.83. The normalized spacial score (nSPS) is 10.5. The van der Waals surface area contributed by atoms with E-state index in [1.807, 2.05) is 0 Å². The van der Waals surface area contributed by atoms with Crippen molar-refractivity contribution >= 4 is 29.1 Å². The summed E-state index contributed by atoms with van der Waals surface area (Å²) in [5.74, 6) is -0.375. The number of Topliss-reactive ketones (excluding diaryl/α,β-unsaturated/α-hetero) is 1. The van der Waals surface area contributed by atoms with E-state index in [4.69, 9.17) is 0 Å². The first kappa shape index (κ1) is 16.1. The van der Waals surface area contributed by atoms with Crippen molar-refractivity contribution in [3.8, 4) is 0 Å². The van der Waals surface area contributed by atoms with Gasteiger partial charge in [0, 0.05) is 29.5 Å². The lowest BCUT2D eigenvalue weighted by Gasteiger charge is -2.02. The van der Waals surface area contributed by atoms with Crippen molar-refractivity contribution in [2.75, 3.05) is 5.32 Å². The standard InChI is InChI=1S/C17H14N2O4/c1-12(20)14-5-7-15(8-6-14)18-17(21)11-4-13-2-9-16(10-3-13)19(22)23/h2-11H,1H3,(H,18,21). The lowest BCUT2D eigenvalue weighted by molar-refractivity contribution is -0.384. The highest BCUT2D eigenvalue weighted by molar-refractivity contribution is 6.02. The van der Waals surface area contributed by atoms with Crippen LogP contribution in [0.15, 0.2) is 54.6 Å². The predicted molar refractivity (Wildman–Crippen MR) is 87.2 cm³/mol. The molecular weight excluding hydrogens is 296 g/mol. The van der Waals surface area contributed by atoms with E-state index in [2.05, 4.69) is 5.32 Å². The number of nitro groups is 1. The van der Waals surface area contributed by atoms with Gasteiger partial charge in [-0.2, -0.15) is 0 Å². The van der Waals surface area contributed by atoms with E-state index in [0.717, 1.165) is 0 Å². The molecule has 0 saturated heterocycles. The Morgan fingerprint density at radius 1 is 1.04 bits per heavy atom. The van der Waals surface area contributed by atoms with Crippen LogP contribution in [0, 0.1) is 10.1 Å². The minimum absolute atomic E-state index is 0.00263. The Morgan fingerprint density at radius 2 is 1.65 bits per heavy atom. The maximum Gasteiger partial charge on any atom is 0.269 e. The number of nitrogens with zero attached hydrogens (tertiary/aromatic N) is 1. The minimum Gasteiger partial charge on any atom is -0.323 e. The Bertz CT molecular complexity index is 762. The van der Waals surface area contributed by atoms with E-state index in [9.17, 15) is 19.7 Å². The van der Waals surface area contributed by atoms with Gasteiger partial charge in [0.1, 0.15) is 0 Å². The molecule has 0 radical (unpaired) electrons. The fraction of sp³-hybridized carbons (Fsp3) is 0.0588. The summed E-state index contributed by atoms with van der Waals surface area (Å²) in [5, 5.41) is 13.2. The number of anilines is 1. The molecule has 0 aliphatic rings. The Kier molecular flexibility index (Phi) is 4.99. The summed E-state index contributed by atoms with van der Waals surface area (Å²) in [7, 11) is 0. The summed E-state index contributed by atoms with van der Waals surface area (Å²) < 4.78 is 0. The van der Waals surface area contributed by atoms with Crippen molar-refractivity contribution < 1.29 is 14.5 Å². The first-order chi connectivity index (χ1) is 11.0. The maximum atomic E-state index is 11.8. The molecule has 6 nitrogen and oxygen atoms in total. The average Bonchev–Trinajstić information content (AvgIpc) is 2.54. The molecule has 0 saturated carbocycles. The Hall–Kier alpha value is -3.28. The van der Waals surface area contributed by atoms with Gasteiger partial charge in [0.15, 0.2) is 5.78 Å². The third kappa shape index (κ3) is 4.60. The highest BCUT2D eigenvalue weighted by Gasteiger charge is 2.03. The minimum atomic E-state index is -0.481. The van der Waals surface area contributed by atoms with Crippen LogP contribution in [0.4, 0.5) is 11.4 Å². The molecule has 0 fully saturated rings. The molecule has 1 N–H and O–H groups in total. The number of nitrogens with one attached hydrogen (secondary N) is 1. The summed E-state index contributed by atoms with van der Waals surface area (Å²) in [6.45, 7) is 1.47. The van der Waals surface area contributed by atoms with E-state index in [0.29, 0.717) is 16.8 Å². The second-order valence-corrected chi connectivity index (χ2v) is 4.80. The number of amides is 1. The summed E-state index contributed by atoms with van der Waals surface area (Å²) in [6.07, 6.45) is 2.89. The largest absolute Gasteiger partial charge is 0.323 e. The molecule has 2 aromatic carbocycles. The number of nitro benzene ring substituents is 1. The lowest BCUT2D eigenvalue weighted by Crippen LogP contribution is -2.07. The van der Waals surface area contributed by atoms with Crippen LogP contribution >= 0.6 is 0 Å². The number of ketones is 1. The molecule has 0 heterocycles. The topological polar surface area (TPSA) is 89.3 Å². The average molecular weight is 310 g/mol. The highest BCUT2D eigenvalue weighted by atomic mass is 16.6. The van der Waals surface area contributed by atoms with Gasteiger partial charge in [0.2, 0.25) is 5.91 Å². The number of non-ortho nitro benzene ring substituents is 1. The van der Waals surface area contributed by atoms with Gasteiger partial charge in [-0.05, 0) is 55.0 Å². The van der Waals surface area contributed by atoms with Gasteiger partial charge < -0.3 is 5.32 Å². The van der Waals surface area contributed by atoms with Crippen LogP contribution in [0.1, 0.15) is 22.8 Å². The number of carbonyl (C=O) groups excluding carboxylic acids is 2. The van der Waals surface area contributed by atoms with Crippen molar-refractivity contribution in [3.05, 3.63) is 75.8 Å². The predicted octanol–water partition coefficient (Wildman–Crippen LogP) is 3.45.